The predicted octanol–water partition coefficient (Wildman–Crippen LogP) is 1.12. The molecule has 0 amide bonds. The van der Waals surface area contributed by atoms with Crippen molar-refractivity contribution in [2.24, 2.45) is 0 Å². The van der Waals surface area contributed by atoms with Gasteiger partial charge in [-0.15, -0.1) is 0 Å². The number of aliphatic hydroxyl groups excluding tert-OH is 1. The maximum atomic E-state index is 8.77. The summed E-state index contributed by atoms with van der Waals surface area (Å²) < 4.78 is 10.6. The van der Waals surface area contributed by atoms with E-state index >= 15 is 0 Å². The van der Waals surface area contributed by atoms with Crippen LogP contribution in [-0.2, 0) is 8.85 Å². The van der Waals surface area contributed by atoms with Gasteiger partial charge < -0.3 is 14.0 Å². The van der Waals surface area contributed by atoms with Gasteiger partial charge in [-0.05, 0) is 6.04 Å². The van der Waals surface area contributed by atoms with Gasteiger partial charge in [-0.3, -0.25) is 0 Å². The van der Waals surface area contributed by atoms with Gasteiger partial charge in [0.2, 0.25) is 0 Å². The van der Waals surface area contributed by atoms with Crippen molar-refractivity contribution in [3.8, 4) is 0 Å². The summed E-state index contributed by atoms with van der Waals surface area (Å²) in [5.41, 5.74) is 0. The summed E-state index contributed by atoms with van der Waals surface area (Å²) in [7, 11) is 1.34. The lowest BCUT2D eigenvalue weighted by Gasteiger charge is -2.25. The Bertz CT molecular complexity index is 85.7. The van der Waals surface area contributed by atoms with Crippen molar-refractivity contribution in [2.45, 2.75) is 25.4 Å². The Morgan fingerprint density at radius 1 is 1.18 bits per heavy atom. The Morgan fingerprint density at radius 3 is 2.00 bits per heavy atom. The SMILES string of the molecule is CCC[Si](CCO)(OC)OC. The van der Waals surface area contributed by atoms with Crippen LogP contribution in [0.3, 0.4) is 0 Å². The number of aliphatic hydroxyl groups is 1. The topological polar surface area (TPSA) is 38.7 Å². The molecule has 0 aromatic heterocycles. The summed E-state index contributed by atoms with van der Waals surface area (Å²) in [6, 6.07) is 1.63. The fourth-order valence-electron chi connectivity index (χ4n) is 1.17. The van der Waals surface area contributed by atoms with Crippen LogP contribution in [0.2, 0.25) is 12.1 Å². The van der Waals surface area contributed by atoms with Crippen LogP contribution in [0.5, 0.6) is 0 Å². The summed E-state index contributed by atoms with van der Waals surface area (Å²) in [5.74, 6) is 0. The van der Waals surface area contributed by atoms with E-state index in [1.165, 1.54) is 0 Å². The van der Waals surface area contributed by atoms with Crippen LogP contribution in [0.1, 0.15) is 13.3 Å². The lowest BCUT2D eigenvalue weighted by molar-refractivity contribution is 0.222. The Morgan fingerprint density at radius 2 is 1.73 bits per heavy atom. The molecule has 68 valence electrons. The number of hydrogen-bond donors (Lipinski definition) is 1. The van der Waals surface area contributed by atoms with Gasteiger partial charge in [0.1, 0.15) is 0 Å². The van der Waals surface area contributed by atoms with Gasteiger partial charge in [0.05, 0.1) is 0 Å². The van der Waals surface area contributed by atoms with Crippen molar-refractivity contribution in [1.29, 1.82) is 0 Å². The molecule has 0 rings (SSSR count). The van der Waals surface area contributed by atoms with E-state index in [4.69, 9.17) is 14.0 Å². The minimum Gasteiger partial charge on any atom is -0.398 e. The summed E-state index contributed by atoms with van der Waals surface area (Å²) in [5, 5.41) is 8.77. The first kappa shape index (κ1) is 11.1. The number of hydrogen-bond acceptors (Lipinski definition) is 3. The highest BCUT2D eigenvalue weighted by Gasteiger charge is 2.33. The van der Waals surface area contributed by atoms with Crippen molar-refractivity contribution < 1.29 is 14.0 Å². The standard InChI is InChI=1S/C7H18O3Si/c1-4-6-11(9-2,10-3)7-5-8/h8H,4-7H2,1-3H3. The molecule has 0 saturated carbocycles. The van der Waals surface area contributed by atoms with E-state index in [2.05, 4.69) is 6.92 Å². The molecule has 0 heterocycles. The Labute approximate surface area is 69.6 Å². The Hall–Kier alpha value is 0.0969. The van der Waals surface area contributed by atoms with E-state index in [0.717, 1.165) is 12.5 Å². The maximum absolute atomic E-state index is 8.77. The normalized spacial score (nSPS) is 12.0. The quantitative estimate of drug-likeness (QED) is 0.620. The monoisotopic (exact) mass is 178 g/mol. The van der Waals surface area contributed by atoms with E-state index in [-0.39, 0.29) is 6.61 Å². The largest absolute Gasteiger partial charge is 0.398 e. The molecule has 0 radical (unpaired) electrons. The zero-order valence-corrected chi connectivity index (χ0v) is 8.59. The molecule has 0 bridgehead atoms. The fraction of sp³-hybridized carbons (Fsp3) is 1.00. The van der Waals surface area contributed by atoms with Crippen LogP contribution in [0.25, 0.3) is 0 Å². The lowest BCUT2D eigenvalue weighted by Crippen LogP contribution is -2.40. The highest BCUT2D eigenvalue weighted by Crippen LogP contribution is 2.18. The smallest absolute Gasteiger partial charge is 0.339 e. The average Bonchev–Trinajstić information content (AvgIpc) is 2.04. The first-order valence-corrected chi connectivity index (χ1v) is 6.19. The second-order valence-electron chi connectivity index (χ2n) is 2.54. The van der Waals surface area contributed by atoms with Crippen molar-refractivity contribution in [1.82, 2.24) is 0 Å². The minimum absolute atomic E-state index is 0.161. The minimum atomic E-state index is -1.99. The maximum Gasteiger partial charge on any atom is 0.339 e. The molecule has 0 aromatic rings. The van der Waals surface area contributed by atoms with Gasteiger partial charge in [0.15, 0.2) is 0 Å². The molecule has 0 atom stereocenters. The highest BCUT2D eigenvalue weighted by molar-refractivity contribution is 6.67. The molecular formula is C7H18O3Si. The zero-order valence-electron chi connectivity index (χ0n) is 7.59. The van der Waals surface area contributed by atoms with E-state index in [1.54, 1.807) is 14.2 Å². The van der Waals surface area contributed by atoms with E-state index in [9.17, 15) is 0 Å². The van der Waals surface area contributed by atoms with Crippen molar-refractivity contribution in [3.05, 3.63) is 0 Å². The van der Waals surface area contributed by atoms with E-state index in [1.807, 2.05) is 0 Å². The fourth-order valence-corrected chi connectivity index (χ4v) is 3.50. The third-order valence-corrected chi connectivity index (χ3v) is 5.60. The molecule has 0 aliphatic heterocycles. The van der Waals surface area contributed by atoms with Crippen LogP contribution in [0.15, 0.2) is 0 Å². The van der Waals surface area contributed by atoms with Crippen molar-refractivity contribution in [3.63, 3.8) is 0 Å². The molecule has 0 spiro atoms. The predicted molar refractivity (Wildman–Crippen MR) is 46.8 cm³/mol. The first-order valence-electron chi connectivity index (χ1n) is 3.96. The van der Waals surface area contributed by atoms with Crippen molar-refractivity contribution >= 4 is 8.56 Å². The van der Waals surface area contributed by atoms with E-state index < -0.39 is 8.56 Å². The van der Waals surface area contributed by atoms with Crippen LogP contribution in [-0.4, -0.2) is 34.5 Å². The van der Waals surface area contributed by atoms with Crippen LogP contribution in [0, 0.1) is 0 Å². The summed E-state index contributed by atoms with van der Waals surface area (Å²) in [6.07, 6.45) is 1.05. The molecule has 0 aromatic carbocycles. The summed E-state index contributed by atoms with van der Waals surface area (Å²) in [4.78, 5) is 0. The average molecular weight is 178 g/mol. The molecule has 0 fully saturated rings. The third-order valence-electron chi connectivity index (χ3n) is 1.87. The molecule has 0 unspecified atom stereocenters. The molecule has 4 heteroatoms. The molecular weight excluding hydrogens is 160 g/mol. The Balaban J connectivity index is 3.96. The van der Waals surface area contributed by atoms with Crippen LogP contribution < -0.4 is 0 Å². The highest BCUT2D eigenvalue weighted by atomic mass is 28.4. The van der Waals surface area contributed by atoms with Gasteiger partial charge in [-0.2, -0.15) is 0 Å². The lowest BCUT2D eigenvalue weighted by atomic mass is 10.6. The van der Waals surface area contributed by atoms with Gasteiger partial charge in [-0.25, -0.2) is 0 Å². The molecule has 0 saturated heterocycles. The second-order valence-corrected chi connectivity index (χ2v) is 6.18. The van der Waals surface area contributed by atoms with Gasteiger partial charge in [0.25, 0.3) is 0 Å². The summed E-state index contributed by atoms with van der Waals surface area (Å²) in [6.45, 7) is 2.26. The third kappa shape index (κ3) is 3.33. The number of rotatable bonds is 6. The van der Waals surface area contributed by atoms with Gasteiger partial charge >= 0.3 is 8.56 Å². The molecule has 3 nitrogen and oxygen atoms in total. The van der Waals surface area contributed by atoms with Gasteiger partial charge in [-0.1, -0.05) is 13.3 Å². The zero-order chi connectivity index (χ0) is 8.74. The molecule has 0 aliphatic rings. The Kier molecular flexibility index (Phi) is 5.76. The van der Waals surface area contributed by atoms with Crippen LogP contribution in [0.4, 0.5) is 0 Å². The molecule has 1 N–H and O–H groups in total. The molecule has 0 aliphatic carbocycles. The summed E-state index contributed by atoms with van der Waals surface area (Å²) >= 11 is 0. The van der Waals surface area contributed by atoms with Gasteiger partial charge in [0, 0.05) is 26.9 Å². The second kappa shape index (κ2) is 5.71. The van der Waals surface area contributed by atoms with Crippen molar-refractivity contribution in [2.75, 3.05) is 20.8 Å². The van der Waals surface area contributed by atoms with Crippen LogP contribution >= 0.6 is 0 Å². The van der Waals surface area contributed by atoms with E-state index in [0.29, 0.717) is 6.04 Å². The molecule has 11 heavy (non-hydrogen) atoms. The first-order chi connectivity index (χ1) is 5.24.